The fraction of sp³-hybridized carbons (Fsp3) is 0.357. The lowest BCUT2D eigenvalue weighted by molar-refractivity contribution is -0.384. The number of nitrogens with one attached hydrogen (secondary N) is 1. The minimum absolute atomic E-state index is 0.00633. The van der Waals surface area contributed by atoms with E-state index < -0.39 is 4.92 Å². The number of hydrogen-bond donors (Lipinski definition) is 1. The normalized spacial score (nSPS) is 14.0. The molecule has 0 radical (unpaired) electrons. The molecule has 1 N–H and O–H groups in total. The maximum absolute atomic E-state index is 11.1. The van der Waals surface area contributed by atoms with Crippen LogP contribution in [0.2, 0.25) is 0 Å². The number of aromatic nitrogens is 2. The number of nitro benzene ring substituents is 1. The molecule has 7 heteroatoms. The summed E-state index contributed by atoms with van der Waals surface area (Å²) in [4.78, 5) is 14.9. The zero-order valence-corrected chi connectivity index (χ0v) is 11.7. The fourth-order valence-corrected chi connectivity index (χ4v) is 2.28. The van der Waals surface area contributed by atoms with Crippen LogP contribution in [0.25, 0.3) is 0 Å². The van der Waals surface area contributed by atoms with Gasteiger partial charge in [0.25, 0.3) is 5.69 Å². The number of hydrogen-bond acceptors (Lipinski definition) is 5. The van der Waals surface area contributed by atoms with Crippen molar-refractivity contribution in [1.82, 2.24) is 9.55 Å². The summed E-state index contributed by atoms with van der Waals surface area (Å²) in [6.45, 7) is 0.504. The van der Waals surface area contributed by atoms with Crippen LogP contribution in [0.15, 0.2) is 30.7 Å². The summed E-state index contributed by atoms with van der Waals surface area (Å²) in [5, 5.41) is 14.2. The van der Waals surface area contributed by atoms with E-state index in [0.717, 1.165) is 5.69 Å². The van der Waals surface area contributed by atoms with Gasteiger partial charge in [-0.1, -0.05) is 0 Å². The van der Waals surface area contributed by atoms with E-state index in [9.17, 15) is 10.1 Å². The van der Waals surface area contributed by atoms with Crippen molar-refractivity contribution in [2.75, 3.05) is 12.4 Å². The van der Waals surface area contributed by atoms with Gasteiger partial charge in [0.2, 0.25) is 0 Å². The molecule has 1 aliphatic carbocycles. The smallest absolute Gasteiger partial charge is 0.296 e. The van der Waals surface area contributed by atoms with E-state index in [0.29, 0.717) is 24.0 Å². The summed E-state index contributed by atoms with van der Waals surface area (Å²) >= 11 is 0. The third-order valence-corrected chi connectivity index (χ3v) is 3.55. The molecule has 110 valence electrons. The van der Waals surface area contributed by atoms with Gasteiger partial charge in [0.1, 0.15) is 11.4 Å². The van der Waals surface area contributed by atoms with Gasteiger partial charge in [-0.05, 0) is 25.0 Å². The second-order valence-corrected chi connectivity index (χ2v) is 5.02. The predicted octanol–water partition coefficient (Wildman–Crippen LogP) is 2.75. The second-order valence-electron chi connectivity index (χ2n) is 5.02. The highest BCUT2D eigenvalue weighted by molar-refractivity contribution is 5.63. The molecule has 0 aliphatic heterocycles. The van der Waals surface area contributed by atoms with E-state index >= 15 is 0 Å². The molecule has 1 aliphatic rings. The highest BCUT2D eigenvalue weighted by Gasteiger charge is 2.25. The zero-order chi connectivity index (χ0) is 14.8. The first kappa shape index (κ1) is 13.4. The van der Waals surface area contributed by atoms with Crippen molar-refractivity contribution in [1.29, 1.82) is 0 Å². The van der Waals surface area contributed by atoms with Gasteiger partial charge in [0.15, 0.2) is 0 Å². The Bertz CT molecular complexity index is 664. The van der Waals surface area contributed by atoms with Crippen molar-refractivity contribution >= 4 is 11.4 Å². The molecular formula is C14H16N4O3. The SMILES string of the molecule is COc1ccc(NCc2cncn2C2CC2)c([N+](=O)[O-])c1. The van der Waals surface area contributed by atoms with Crippen LogP contribution >= 0.6 is 0 Å². The number of benzene rings is 1. The number of rotatable bonds is 6. The van der Waals surface area contributed by atoms with E-state index in [4.69, 9.17) is 4.74 Å². The lowest BCUT2D eigenvalue weighted by Crippen LogP contribution is -2.07. The molecule has 0 saturated heterocycles. The van der Waals surface area contributed by atoms with Crippen molar-refractivity contribution in [2.24, 2.45) is 0 Å². The molecule has 21 heavy (non-hydrogen) atoms. The van der Waals surface area contributed by atoms with Crippen LogP contribution in [0.5, 0.6) is 5.75 Å². The van der Waals surface area contributed by atoms with Crippen LogP contribution in [-0.2, 0) is 6.54 Å². The largest absolute Gasteiger partial charge is 0.496 e. The molecule has 1 saturated carbocycles. The third-order valence-electron chi connectivity index (χ3n) is 3.55. The van der Waals surface area contributed by atoms with Crippen LogP contribution in [0.4, 0.5) is 11.4 Å². The quantitative estimate of drug-likeness (QED) is 0.653. The lowest BCUT2D eigenvalue weighted by Gasteiger charge is -2.10. The van der Waals surface area contributed by atoms with Gasteiger partial charge >= 0.3 is 0 Å². The van der Waals surface area contributed by atoms with Crippen LogP contribution < -0.4 is 10.1 Å². The first-order valence-electron chi connectivity index (χ1n) is 6.76. The maximum Gasteiger partial charge on any atom is 0.296 e. The Morgan fingerprint density at radius 1 is 1.52 bits per heavy atom. The van der Waals surface area contributed by atoms with E-state index in [1.807, 2.05) is 6.33 Å². The van der Waals surface area contributed by atoms with Gasteiger partial charge in [0.05, 0.1) is 36.7 Å². The Kier molecular flexibility index (Phi) is 3.47. The fourth-order valence-electron chi connectivity index (χ4n) is 2.28. The number of nitro groups is 1. The lowest BCUT2D eigenvalue weighted by atomic mass is 10.2. The molecule has 0 amide bonds. The van der Waals surface area contributed by atoms with Gasteiger partial charge in [-0.2, -0.15) is 0 Å². The number of methoxy groups -OCH3 is 1. The maximum atomic E-state index is 11.1. The summed E-state index contributed by atoms with van der Waals surface area (Å²) in [7, 11) is 1.49. The van der Waals surface area contributed by atoms with Crippen molar-refractivity contribution in [2.45, 2.75) is 25.4 Å². The van der Waals surface area contributed by atoms with Crippen molar-refractivity contribution < 1.29 is 9.66 Å². The van der Waals surface area contributed by atoms with E-state index in [1.165, 1.54) is 26.0 Å². The average molecular weight is 288 g/mol. The highest BCUT2D eigenvalue weighted by Crippen LogP contribution is 2.36. The molecule has 0 unspecified atom stereocenters. The number of ether oxygens (including phenoxy) is 1. The molecule has 1 fully saturated rings. The van der Waals surface area contributed by atoms with Gasteiger partial charge < -0.3 is 14.6 Å². The Morgan fingerprint density at radius 2 is 2.33 bits per heavy atom. The molecule has 0 atom stereocenters. The minimum Gasteiger partial charge on any atom is -0.496 e. The van der Waals surface area contributed by atoms with Gasteiger partial charge in [-0.15, -0.1) is 0 Å². The van der Waals surface area contributed by atoms with E-state index in [1.54, 1.807) is 18.3 Å². The first-order chi connectivity index (χ1) is 10.2. The van der Waals surface area contributed by atoms with Gasteiger partial charge in [-0.25, -0.2) is 4.98 Å². The van der Waals surface area contributed by atoms with Crippen molar-refractivity contribution in [3.63, 3.8) is 0 Å². The molecule has 0 bridgehead atoms. The Labute approximate surface area is 121 Å². The predicted molar refractivity (Wildman–Crippen MR) is 77.5 cm³/mol. The highest BCUT2D eigenvalue weighted by atomic mass is 16.6. The number of nitrogens with zero attached hydrogens (tertiary/aromatic N) is 3. The summed E-state index contributed by atoms with van der Waals surface area (Å²) in [5.41, 5.74) is 1.51. The standard InChI is InChI=1S/C14H16N4O3/c1-21-12-4-5-13(14(6-12)18(19)20)16-8-11-7-15-9-17(11)10-2-3-10/h4-7,9-10,16H,2-3,8H2,1H3. The molecule has 1 heterocycles. The molecule has 7 nitrogen and oxygen atoms in total. The molecule has 1 aromatic heterocycles. The van der Waals surface area contributed by atoms with E-state index in [2.05, 4.69) is 14.9 Å². The first-order valence-corrected chi connectivity index (χ1v) is 6.76. The average Bonchev–Trinajstić information content (AvgIpc) is 3.23. The molecule has 2 aromatic rings. The van der Waals surface area contributed by atoms with Crippen molar-refractivity contribution in [3.8, 4) is 5.75 Å². The molecular weight excluding hydrogens is 272 g/mol. The number of anilines is 1. The molecule has 1 aromatic carbocycles. The molecule has 3 rings (SSSR count). The van der Waals surface area contributed by atoms with Crippen LogP contribution in [0.3, 0.4) is 0 Å². The Morgan fingerprint density at radius 3 is 3.00 bits per heavy atom. The minimum atomic E-state index is -0.414. The van der Waals surface area contributed by atoms with Crippen molar-refractivity contribution in [3.05, 3.63) is 46.5 Å². The number of imidazole rings is 1. The Hall–Kier alpha value is -2.57. The van der Waals surface area contributed by atoms with Crippen LogP contribution in [-0.4, -0.2) is 21.6 Å². The zero-order valence-electron chi connectivity index (χ0n) is 11.7. The summed E-state index contributed by atoms with van der Waals surface area (Å²) in [5.74, 6) is 0.468. The van der Waals surface area contributed by atoms with E-state index in [-0.39, 0.29) is 5.69 Å². The molecule has 0 spiro atoms. The van der Waals surface area contributed by atoms with Gasteiger partial charge in [0, 0.05) is 12.2 Å². The topological polar surface area (TPSA) is 82.2 Å². The monoisotopic (exact) mass is 288 g/mol. The van der Waals surface area contributed by atoms with Crippen LogP contribution in [0, 0.1) is 10.1 Å². The summed E-state index contributed by atoms with van der Waals surface area (Å²) in [6, 6.07) is 5.32. The Balaban J connectivity index is 1.78. The second kappa shape index (κ2) is 5.43. The third kappa shape index (κ3) is 2.81. The van der Waals surface area contributed by atoms with Crippen LogP contribution in [0.1, 0.15) is 24.6 Å². The van der Waals surface area contributed by atoms with Gasteiger partial charge in [-0.3, -0.25) is 10.1 Å². The summed E-state index contributed by atoms with van der Waals surface area (Å²) in [6.07, 6.45) is 5.95. The summed E-state index contributed by atoms with van der Waals surface area (Å²) < 4.78 is 7.15.